The first-order valence-electron chi connectivity index (χ1n) is 25.0. The topological polar surface area (TPSA) is 145 Å². The summed E-state index contributed by atoms with van der Waals surface area (Å²) in [4.78, 5) is 45.2. The third-order valence-corrected chi connectivity index (χ3v) is 13.0. The van der Waals surface area contributed by atoms with E-state index in [1.54, 1.807) is 59.5 Å². The Morgan fingerprint density at radius 1 is 0.494 bits per heavy atom. The number of halogens is 7. The molecule has 0 aliphatic rings. The first kappa shape index (κ1) is 64.4. The Morgan fingerprint density at radius 2 is 0.818 bits per heavy atom. The predicted octanol–water partition coefficient (Wildman–Crippen LogP) is 14.0. The monoisotopic (exact) mass is 1100 g/mol. The van der Waals surface area contributed by atoms with E-state index in [1.165, 1.54) is 45.2 Å². The SMILES string of the molecule is CCN(CC)S(F)(F)F.COC(=O)Cc1ccc(CCCC(F)(F)c2ccccc2)cc1.O=C(Cc1ccc(CCCC(=O)c2ccccc2)cc1)NO.O=C(Cc1ccc(CCCC(F)(F)c2ccccc2)cc1)NO. The highest BCUT2D eigenvalue weighted by molar-refractivity contribution is 8.18. The van der Waals surface area contributed by atoms with Gasteiger partial charge < -0.3 is 4.74 Å². The molecule has 0 aromatic heterocycles. The fourth-order valence-electron chi connectivity index (χ4n) is 7.58. The lowest BCUT2D eigenvalue weighted by atomic mass is 9.99. The zero-order valence-electron chi connectivity index (χ0n) is 43.4. The number of ether oxygens (including phenoxy) is 1. The summed E-state index contributed by atoms with van der Waals surface area (Å²) in [6.07, 6.45) is 4.14. The van der Waals surface area contributed by atoms with Crippen molar-refractivity contribution in [3.63, 3.8) is 0 Å². The minimum absolute atomic E-state index is 0.0466. The number of alkyl halides is 4. The molecule has 0 saturated carbocycles. The van der Waals surface area contributed by atoms with Crippen LogP contribution in [0.3, 0.4) is 0 Å². The second-order valence-electron chi connectivity index (χ2n) is 17.6. The first-order valence-corrected chi connectivity index (χ1v) is 26.3. The van der Waals surface area contributed by atoms with Crippen molar-refractivity contribution in [2.24, 2.45) is 0 Å². The molecule has 0 atom stereocenters. The summed E-state index contributed by atoms with van der Waals surface area (Å²) in [7, 11) is 1.35. The van der Waals surface area contributed by atoms with Gasteiger partial charge in [-0.1, -0.05) is 178 Å². The highest BCUT2D eigenvalue weighted by Gasteiger charge is 2.31. The molecule has 2 amide bonds. The van der Waals surface area contributed by atoms with E-state index in [1.807, 2.05) is 91.0 Å². The van der Waals surface area contributed by atoms with E-state index >= 15 is 0 Å². The number of carbonyl (C=O) groups excluding carboxylic acids is 4. The number of nitrogens with one attached hydrogen (secondary N) is 2. The molecule has 0 saturated heterocycles. The third kappa shape index (κ3) is 25.2. The number of rotatable bonds is 24. The van der Waals surface area contributed by atoms with Gasteiger partial charge in [-0.05, 0) is 71.9 Å². The number of hydrogen-bond donors (Lipinski definition) is 4. The molecule has 0 aliphatic carbocycles. The van der Waals surface area contributed by atoms with Crippen molar-refractivity contribution in [1.29, 1.82) is 0 Å². The van der Waals surface area contributed by atoms with Crippen molar-refractivity contribution in [2.75, 3.05) is 20.2 Å². The Balaban J connectivity index is 0.000000281. The zero-order valence-corrected chi connectivity index (χ0v) is 44.2. The van der Waals surface area contributed by atoms with E-state index in [4.69, 9.17) is 10.4 Å². The van der Waals surface area contributed by atoms with E-state index in [9.17, 15) is 48.4 Å². The van der Waals surface area contributed by atoms with Crippen LogP contribution in [0.4, 0.5) is 29.2 Å². The predicted molar refractivity (Wildman–Crippen MR) is 286 cm³/mol. The minimum atomic E-state index is -4.93. The van der Waals surface area contributed by atoms with E-state index < -0.39 is 35.0 Å². The summed E-state index contributed by atoms with van der Waals surface area (Å²) in [5.74, 6) is -6.66. The molecule has 18 heteroatoms. The minimum Gasteiger partial charge on any atom is -0.469 e. The van der Waals surface area contributed by atoms with Gasteiger partial charge in [0.2, 0.25) is 11.8 Å². The van der Waals surface area contributed by atoms with Gasteiger partial charge in [-0.15, -0.1) is 11.7 Å². The van der Waals surface area contributed by atoms with Crippen LogP contribution in [0, 0.1) is 0 Å². The molecule has 10 nitrogen and oxygen atoms in total. The molecule has 6 aromatic rings. The number of aryl methyl sites for hydroxylation is 3. The summed E-state index contributed by atoms with van der Waals surface area (Å²) in [6, 6.07) is 47.3. The van der Waals surface area contributed by atoms with Crippen LogP contribution in [0.2, 0.25) is 0 Å². The first-order chi connectivity index (χ1) is 36.7. The fourth-order valence-corrected chi connectivity index (χ4v) is 8.17. The lowest BCUT2D eigenvalue weighted by Gasteiger charge is -2.23. The number of Topliss-reactive ketones (excluding diaryl/α,β-unsaturated/α-hetero) is 1. The summed E-state index contributed by atoms with van der Waals surface area (Å²) >= 11 is -4.93. The molecule has 0 spiro atoms. The maximum Gasteiger partial charge on any atom is 0.309 e. The Bertz CT molecular complexity index is 2510. The normalized spacial score (nSPS) is 11.3. The van der Waals surface area contributed by atoms with E-state index in [2.05, 4.69) is 4.74 Å². The van der Waals surface area contributed by atoms with Crippen molar-refractivity contribution in [3.05, 3.63) is 214 Å². The van der Waals surface area contributed by atoms with Crippen LogP contribution in [0.5, 0.6) is 0 Å². The van der Waals surface area contributed by atoms with Crippen molar-refractivity contribution >= 4 is 34.9 Å². The molecule has 416 valence electrons. The summed E-state index contributed by atoms with van der Waals surface area (Å²) in [5, 5.41) is 16.9. The fraction of sp³-hybridized carbons (Fsp3) is 0.322. The smallest absolute Gasteiger partial charge is 0.309 e. The number of esters is 1. The second kappa shape index (κ2) is 34.0. The quantitative estimate of drug-likeness (QED) is 0.0154. The second-order valence-corrected chi connectivity index (χ2v) is 18.9. The van der Waals surface area contributed by atoms with Crippen molar-refractivity contribution in [1.82, 2.24) is 15.3 Å². The average molecular weight is 1100 g/mol. The van der Waals surface area contributed by atoms with Crippen LogP contribution in [-0.4, -0.2) is 58.5 Å². The van der Waals surface area contributed by atoms with Gasteiger partial charge in [0.1, 0.15) is 0 Å². The number of amides is 2. The highest BCUT2D eigenvalue weighted by Crippen LogP contribution is 2.56. The Hall–Kier alpha value is -6.86. The highest BCUT2D eigenvalue weighted by atomic mass is 32.3. The molecular weight excluding hydrogens is 1030 g/mol. The number of hydrogen-bond acceptors (Lipinski definition) is 8. The van der Waals surface area contributed by atoms with Gasteiger partial charge in [0.05, 0.1) is 26.4 Å². The molecular formula is C59H68F7N3O7S. The van der Waals surface area contributed by atoms with Crippen LogP contribution in [0.1, 0.15) is 107 Å². The summed E-state index contributed by atoms with van der Waals surface area (Å²) < 4.78 is 96.5. The van der Waals surface area contributed by atoms with Gasteiger partial charge >= 0.3 is 5.97 Å². The van der Waals surface area contributed by atoms with Crippen LogP contribution in [0.15, 0.2) is 164 Å². The Labute approximate surface area is 448 Å². The maximum atomic E-state index is 14.1. The number of benzene rings is 6. The molecule has 0 unspecified atom stereocenters. The van der Waals surface area contributed by atoms with E-state index in [0.717, 1.165) is 51.8 Å². The number of hydroxylamine groups is 2. The van der Waals surface area contributed by atoms with Gasteiger partial charge in [0.15, 0.2) is 5.78 Å². The number of ketones is 1. The van der Waals surface area contributed by atoms with Crippen LogP contribution in [-0.2, 0) is 69.5 Å². The van der Waals surface area contributed by atoms with Crippen molar-refractivity contribution in [2.45, 2.75) is 103 Å². The van der Waals surface area contributed by atoms with Crippen molar-refractivity contribution < 1.29 is 63.5 Å². The summed E-state index contributed by atoms with van der Waals surface area (Å²) in [6.45, 7) is 3.14. The molecule has 0 aliphatic heterocycles. The molecule has 0 radical (unpaired) electrons. The number of carbonyl (C=O) groups is 4. The van der Waals surface area contributed by atoms with Gasteiger partial charge in [0, 0.05) is 49.0 Å². The number of methoxy groups -OCH3 is 1. The maximum absolute atomic E-state index is 14.1. The Kier molecular flexibility index (Phi) is 28.5. The van der Waals surface area contributed by atoms with E-state index in [-0.39, 0.29) is 68.1 Å². The van der Waals surface area contributed by atoms with Crippen molar-refractivity contribution in [3.8, 4) is 0 Å². The van der Waals surface area contributed by atoms with Crippen LogP contribution >= 0.6 is 11.4 Å². The Morgan fingerprint density at radius 3 is 1.13 bits per heavy atom. The lowest BCUT2D eigenvalue weighted by Crippen LogP contribution is -2.20. The van der Waals surface area contributed by atoms with Gasteiger partial charge in [0.25, 0.3) is 23.2 Å². The average Bonchev–Trinajstić information content (AvgIpc) is 3.43. The molecule has 6 rings (SSSR count). The molecule has 6 aromatic carbocycles. The molecule has 0 heterocycles. The van der Waals surface area contributed by atoms with Gasteiger partial charge in [-0.25, -0.2) is 28.5 Å². The lowest BCUT2D eigenvalue weighted by molar-refractivity contribution is -0.139. The van der Waals surface area contributed by atoms with Crippen LogP contribution in [0.25, 0.3) is 0 Å². The van der Waals surface area contributed by atoms with Crippen LogP contribution < -0.4 is 11.0 Å². The van der Waals surface area contributed by atoms with E-state index in [0.29, 0.717) is 36.4 Å². The molecule has 0 fully saturated rings. The largest absolute Gasteiger partial charge is 0.469 e. The zero-order chi connectivity index (χ0) is 56.7. The molecule has 77 heavy (non-hydrogen) atoms. The third-order valence-electron chi connectivity index (χ3n) is 11.9. The van der Waals surface area contributed by atoms with Gasteiger partial charge in [-0.2, -0.15) is 4.31 Å². The van der Waals surface area contributed by atoms with Gasteiger partial charge in [-0.3, -0.25) is 29.6 Å². The molecule has 4 N–H and O–H groups in total. The standard InChI is InChI=1S/C19H20F2O2.C18H19F2NO2.C18H19NO3.C4H10F3NS/c1-23-18(22)14-16-11-9-15(10-12-16)6-5-13-19(20,21)17-7-3-2-4-8-17;19-18(20,16-6-2-1-3-7-16)12-4-5-14-8-10-15(11-9-14)13-17(22)21-23;20-17(16-6-2-1-3-7-16)8-4-5-14-9-11-15(12-10-14)13-18(21)19-22;1-3-8(4-2)9(5,6)7/h2-4,7-12H,5-6,13-14H2,1H3;1-3,6-11,23H,4-5,12-13H2,(H,21,22);1-3,6-7,9-12,22H,4-5,8,13H2,(H,19,21);3-4H2,1-2H3. The number of nitrogens with zero attached hydrogens (tertiary/aromatic N) is 1. The summed E-state index contributed by atoms with van der Waals surface area (Å²) in [5.41, 5.74) is 9.58. The molecule has 0 bridgehead atoms.